The van der Waals surface area contributed by atoms with Crippen LogP contribution in [0.4, 0.5) is 13.2 Å². The Kier molecular flexibility index (Phi) is 5.09. The highest BCUT2D eigenvalue weighted by Crippen LogP contribution is 2.40. The quantitative estimate of drug-likeness (QED) is 0.762. The summed E-state index contributed by atoms with van der Waals surface area (Å²) in [5, 5.41) is 4.03. The summed E-state index contributed by atoms with van der Waals surface area (Å²) >= 11 is 0. The van der Waals surface area contributed by atoms with Crippen LogP contribution in [-0.2, 0) is 11.2 Å². The van der Waals surface area contributed by atoms with E-state index in [9.17, 15) is 18.0 Å². The summed E-state index contributed by atoms with van der Waals surface area (Å²) in [6.45, 7) is 0.559. The zero-order valence-electron chi connectivity index (χ0n) is 15.2. The van der Waals surface area contributed by atoms with Crippen LogP contribution in [0, 0.1) is 17.5 Å². The summed E-state index contributed by atoms with van der Waals surface area (Å²) in [7, 11) is 0. The van der Waals surface area contributed by atoms with E-state index < -0.39 is 23.5 Å². The van der Waals surface area contributed by atoms with Crippen LogP contribution in [0.2, 0.25) is 0 Å². The second kappa shape index (κ2) is 7.54. The maximum atomic E-state index is 13.8. The van der Waals surface area contributed by atoms with Crippen LogP contribution in [-0.4, -0.2) is 33.5 Å². The van der Waals surface area contributed by atoms with Crippen molar-refractivity contribution < 1.29 is 22.5 Å². The lowest BCUT2D eigenvalue weighted by Gasteiger charge is -2.24. The number of amides is 1. The molecule has 2 N–H and O–H groups in total. The number of hydrogen-bond acceptors (Lipinski definition) is 5. The summed E-state index contributed by atoms with van der Waals surface area (Å²) in [6.07, 6.45) is 3.54. The molecule has 28 heavy (non-hydrogen) atoms. The monoisotopic (exact) mass is 394 g/mol. The van der Waals surface area contributed by atoms with E-state index in [2.05, 4.69) is 10.1 Å². The number of halogens is 3. The van der Waals surface area contributed by atoms with Gasteiger partial charge in [0.2, 0.25) is 11.8 Å². The summed E-state index contributed by atoms with van der Waals surface area (Å²) in [5.41, 5.74) is 5.94. The highest BCUT2D eigenvalue weighted by Gasteiger charge is 2.36. The molecule has 1 saturated carbocycles. The average molecular weight is 394 g/mol. The first kappa shape index (κ1) is 18.9. The Morgan fingerprint density at radius 3 is 2.71 bits per heavy atom. The van der Waals surface area contributed by atoms with Crippen LogP contribution in [0.25, 0.3) is 0 Å². The molecule has 6 nitrogen and oxygen atoms in total. The van der Waals surface area contributed by atoms with Crippen molar-refractivity contribution in [1.82, 2.24) is 15.0 Å². The van der Waals surface area contributed by atoms with Crippen LogP contribution in [0.3, 0.4) is 0 Å². The van der Waals surface area contributed by atoms with Gasteiger partial charge in [-0.2, -0.15) is 4.98 Å². The van der Waals surface area contributed by atoms with Gasteiger partial charge < -0.3 is 15.2 Å². The predicted molar refractivity (Wildman–Crippen MR) is 92.6 cm³/mol. The molecule has 2 aromatic rings. The van der Waals surface area contributed by atoms with Gasteiger partial charge in [0.25, 0.3) is 0 Å². The zero-order valence-corrected chi connectivity index (χ0v) is 15.2. The number of benzene rings is 1. The number of hydrogen-bond donors (Lipinski definition) is 1. The normalized spacial score (nSPS) is 20.6. The summed E-state index contributed by atoms with van der Waals surface area (Å²) in [4.78, 5) is 18.8. The molecule has 1 aliphatic heterocycles. The smallest absolute Gasteiger partial charge is 0.229 e. The van der Waals surface area contributed by atoms with Gasteiger partial charge >= 0.3 is 0 Å². The molecule has 4 rings (SSSR count). The average Bonchev–Trinajstić information content (AvgIpc) is 3.18. The number of nitrogens with zero attached hydrogens (tertiary/aromatic N) is 3. The SMILES string of the molecule is N[C@@H](CC(=O)N1CCC[C@@H]1c1noc(C2CC2)n1)Cc1cc(F)c(F)cc1F. The highest BCUT2D eigenvalue weighted by atomic mass is 19.2. The maximum Gasteiger partial charge on any atom is 0.229 e. The molecule has 2 fully saturated rings. The minimum Gasteiger partial charge on any atom is -0.339 e. The minimum atomic E-state index is -1.25. The van der Waals surface area contributed by atoms with Crippen LogP contribution >= 0.6 is 0 Å². The van der Waals surface area contributed by atoms with Crippen molar-refractivity contribution in [2.24, 2.45) is 5.73 Å². The van der Waals surface area contributed by atoms with Gasteiger partial charge in [-0.05, 0) is 43.7 Å². The third kappa shape index (κ3) is 3.89. The molecule has 150 valence electrons. The molecule has 0 bridgehead atoms. The molecule has 2 aliphatic rings. The molecule has 2 atom stereocenters. The van der Waals surface area contributed by atoms with E-state index >= 15 is 0 Å². The van der Waals surface area contributed by atoms with Crippen molar-refractivity contribution in [3.05, 3.63) is 46.9 Å². The van der Waals surface area contributed by atoms with Crippen molar-refractivity contribution in [3.63, 3.8) is 0 Å². The lowest BCUT2D eigenvalue weighted by Crippen LogP contribution is -2.36. The number of rotatable bonds is 6. The molecule has 0 radical (unpaired) electrons. The fourth-order valence-corrected chi connectivity index (χ4v) is 3.63. The van der Waals surface area contributed by atoms with Crippen molar-refractivity contribution in [1.29, 1.82) is 0 Å². The largest absolute Gasteiger partial charge is 0.339 e. The Balaban J connectivity index is 1.39. The van der Waals surface area contributed by atoms with Crippen LogP contribution in [0.5, 0.6) is 0 Å². The molecule has 1 amide bonds. The van der Waals surface area contributed by atoms with Gasteiger partial charge in [0, 0.05) is 31.0 Å². The van der Waals surface area contributed by atoms with E-state index in [1.165, 1.54) is 0 Å². The van der Waals surface area contributed by atoms with Crippen molar-refractivity contribution in [2.75, 3.05) is 6.54 Å². The Labute approximate surface area is 159 Å². The molecular formula is C19H21F3N4O2. The Bertz CT molecular complexity index is 884. The third-order valence-electron chi connectivity index (χ3n) is 5.26. The van der Waals surface area contributed by atoms with E-state index in [-0.39, 0.29) is 30.4 Å². The molecular weight excluding hydrogens is 373 g/mol. The maximum absolute atomic E-state index is 13.8. The fraction of sp³-hybridized carbons (Fsp3) is 0.526. The topological polar surface area (TPSA) is 85.3 Å². The highest BCUT2D eigenvalue weighted by molar-refractivity contribution is 5.77. The van der Waals surface area contributed by atoms with E-state index in [1.807, 2.05) is 0 Å². The number of likely N-dealkylation sites (tertiary alicyclic amines) is 1. The predicted octanol–water partition coefficient (Wildman–Crippen LogP) is 2.99. The van der Waals surface area contributed by atoms with Gasteiger partial charge in [-0.3, -0.25) is 4.79 Å². The van der Waals surface area contributed by atoms with E-state index in [1.54, 1.807) is 4.90 Å². The minimum absolute atomic E-state index is 0.0394. The molecule has 9 heteroatoms. The number of nitrogens with two attached hydrogens (primary N) is 1. The van der Waals surface area contributed by atoms with E-state index in [4.69, 9.17) is 10.3 Å². The fourth-order valence-electron chi connectivity index (χ4n) is 3.63. The van der Waals surface area contributed by atoms with Gasteiger partial charge in [0.1, 0.15) is 5.82 Å². The number of carbonyl (C=O) groups is 1. The Morgan fingerprint density at radius 1 is 1.21 bits per heavy atom. The van der Waals surface area contributed by atoms with Crippen LogP contribution in [0.1, 0.15) is 61.3 Å². The molecule has 0 spiro atoms. The molecule has 1 aromatic carbocycles. The number of carbonyl (C=O) groups excluding carboxylic acids is 1. The van der Waals surface area contributed by atoms with E-state index in [0.29, 0.717) is 30.2 Å². The molecule has 2 heterocycles. The molecule has 1 saturated heterocycles. The molecule has 1 aromatic heterocycles. The third-order valence-corrected chi connectivity index (χ3v) is 5.26. The zero-order chi connectivity index (χ0) is 19.8. The van der Waals surface area contributed by atoms with Crippen molar-refractivity contribution >= 4 is 5.91 Å². The van der Waals surface area contributed by atoms with Gasteiger partial charge in [-0.25, -0.2) is 13.2 Å². The first-order chi connectivity index (χ1) is 13.4. The Hall–Kier alpha value is -2.42. The molecule has 0 unspecified atom stereocenters. The van der Waals surface area contributed by atoms with Crippen molar-refractivity contribution in [2.45, 2.75) is 56.5 Å². The summed E-state index contributed by atoms with van der Waals surface area (Å²) in [6, 6.07) is 0.298. The first-order valence-electron chi connectivity index (χ1n) is 9.44. The number of aromatic nitrogens is 2. The standard InChI is InChI=1S/C19H21F3N4O2/c20-13-9-15(22)14(21)7-11(13)6-12(23)8-17(27)26-5-1-2-16(26)18-24-19(28-25-18)10-3-4-10/h7,9-10,12,16H,1-6,8,23H2/t12-,16-/m1/s1. The second-order valence-electron chi connectivity index (χ2n) is 7.54. The van der Waals surface area contributed by atoms with Gasteiger partial charge in [-0.1, -0.05) is 5.16 Å². The lowest BCUT2D eigenvalue weighted by molar-refractivity contribution is -0.132. The Morgan fingerprint density at radius 2 is 1.96 bits per heavy atom. The first-order valence-corrected chi connectivity index (χ1v) is 9.44. The lowest BCUT2D eigenvalue weighted by atomic mass is 10.0. The van der Waals surface area contributed by atoms with Crippen LogP contribution in [0.15, 0.2) is 16.7 Å². The van der Waals surface area contributed by atoms with Crippen molar-refractivity contribution in [3.8, 4) is 0 Å². The van der Waals surface area contributed by atoms with Gasteiger partial charge in [0.05, 0.1) is 6.04 Å². The van der Waals surface area contributed by atoms with Gasteiger partial charge in [-0.15, -0.1) is 0 Å². The second-order valence-corrected chi connectivity index (χ2v) is 7.54. The van der Waals surface area contributed by atoms with Gasteiger partial charge in [0.15, 0.2) is 17.5 Å². The molecule has 1 aliphatic carbocycles. The summed E-state index contributed by atoms with van der Waals surface area (Å²) in [5.74, 6) is -2.00. The summed E-state index contributed by atoms with van der Waals surface area (Å²) < 4.78 is 45.5. The van der Waals surface area contributed by atoms with Crippen LogP contribution < -0.4 is 5.73 Å². The van der Waals surface area contributed by atoms with E-state index in [0.717, 1.165) is 31.7 Å².